The van der Waals surface area contributed by atoms with E-state index in [2.05, 4.69) is 10.1 Å². The van der Waals surface area contributed by atoms with E-state index in [0.717, 1.165) is 0 Å². The van der Waals surface area contributed by atoms with Crippen LogP contribution in [-0.4, -0.2) is 10.1 Å². The van der Waals surface area contributed by atoms with Crippen molar-refractivity contribution in [3.8, 4) is 5.75 Å². The van der Waals surface area contributed by atoms with E-state index >= 15 is 0 Å². The summed E-state index contributed by atoms with van der Waals surface area (Å²) < 4.78 is 23.0. The number of aromatic nitrogens is 2. The molecule has 0 bridgehead atoms. The van der Waals surface area contributed by atoms with Gasteiger partial charge in [-0.15, -0.1) is 0 Å². The quantitative estimate of drug-likeness (QED) is 0.724. The molecule has 0 aliphatic rings. The van der Waals surface area contributed by atoms with Gasteiger partial charge in [-0.05, 0) is 19.1 Å². The zero-order valence-corrected chi connectivity index (χ0v) is 8.11. The summed E-state index contributed by atoms with van der Waals surface area (Å²) >= 11 is 0. The predicted molar refractivity (Wildman–Crippen MR) is 49.8 cm³/mol. The van der Waals surface area contributed by atoms with Gasteiger partial charge in [-0.25, -0.2) is 4.98 Å². The van der Waals surface area contributed by atoms with E-state index in [0.29, 0.717) is 11.5 Å². The lowest BCUT2D eigenvalue weighted by Crippen LogP contribution is -1.98. The topological polar surface area (TPSA) is 48.2 Å². The molecular formula is C10H9FN2O2. The van der Waals surface area contributed by atoms with E-state index in [1.165, 1.54) is 12.3 Å². The molecule has 2 rings (SSSR count). The first-order valence-electron chi connectivity index (χ1n) is 4.41. The maximum atomic E-state index is 13.0. The van der Waals surface area contributed by atoms with E-state index in [9.17, 15) is 4.39 Å². The minimum atomic E-state index is -0.627. The van der Waals surface area contributed by atoms with Crippen LogP contribution in [0, 0.1) is 12.9 Å². The first kappa shape index (κ1) is 9.64. The monoisotopic (exact) mass is 208 g/mol. The van der Waals surface area contributed by atoms with Crippen molar-refractivity contribution in [2.45, 2.75) is 13.5 Å². The van der Waals surface area contributed by atoms with E-state index in [1.54, 1.807) is 19.1 Å². The van der Waals surface area contributed by atoms with Gasteiger partial charge in [0.25, 0.3) is 5.95 Å². The number of hydrogen-bond acceptors (Lipinski definition) is 4. The van der Waals surface area contributed by atoms with Crippen molar-refractivity contribution in [2.24, 2.45) is 0 Å². The van der Waals surface area contributed by atoms with Crippen molar-refractivity contribution in [3.05, 3.63) is 41.8 Å². The number of nitrogens with zero attached hydrogens (tertiary/aromatic N) is 2. The van der Waals surface area contributed by atoms with Crippen LogP contribution in [0.4, 0.5) is 4.39 Å². The summed E-state index contributed by atoms with van der Waals surface area (Å²) in [5.41, 5.74) is 0.621. The van der Waals surface area contributed by atoms with Crippen LogP contribution >= 0.6 is 0 Å². The molecular weight excluding hydrogens is 199 g/mol. The van der Waals surface area contributed by atoms with Crippen LogP contribution in [0.25, 0.3) is 0 Å². The molecule has 2 heterocycles. The van der Waals surface area contributed by atoms with Crippen molar-refractivity contribution in [1.82, 2.24) is 10.1 Å². The molecule has 0 spiro atoms. The molecule has 0 fully saturated rings. The maximum absolute atomic E-state index is 13.0. The summed E-state index contributed by atoms with van der Waals surface area (Å²) in [6.45, 7) is 1.95. The van der Waals surface area contributed by atoms with Crippen LogP contribution in [-0.2, 0) is 6.61 Å². The Hall–Kier alpha value is -1.91. The summed E-state index contributed by atoms with van der Waals surface area (Å²) in [4.78, 5) is 3.46. The molecule has 78 valence electrons. The number of halogens is 1. The Labute approximate surface area is 85.7 Å². The lowest BCUT2D eigenvalue weighted by atomic mass is 10.4. The third-order valence-electron chi connectivity index (χ3n) is 1.78. The third kappa shape index (κ3) is 2.31. The molecule has 0 N–H and O–H groups in total. The zero-order chi connectivity index (χ0) is 10.7. The van der Waals surface area contributed by atoms with Gasteiger partial charge in [0.2, 0.25) is 0 Å². The van der Waals surface area contributed by atoms with Gasteiger partial charge in [0, 0.05) is 12.3 Å². The van der Waals surface area contributed by atoms with Gasteiger partial charge in [-0.2, -0.15) is 4.39 Å². The second-order valence-electron chi connectivity index (χ2n) is 3.01. The Morgan fingerprint density at radius 1 is 1.53 bits per heavy atom. The fourth-order valence-electron chi connectivity index (χ4n) is 1.12. The molecule has 0 aliphatic heterocycles. The number of aryl methyl sites for hydroxylation is 1. The summed E-state index contributed by atoms with van der Waals surface area (Å²) in [5, 5.41) is 3.72. The minimum absolute atomic E-state index is 0.109. The molecule has 0 saturated heterocycles. The molecule has 0 radical (unpaired) electrons. The molecule has 0 saturated carbocycles. The van der Waals surface area contributed by atoms with Crippen molar-refractivity contribution >= 4 is 0 Å². The Morgan fingerprint density at radius 2 is 2.40 bits per heavy atom. The molecule has 0 amide bonds. The van der Waals surface area contributed by atoms with E-state index in [1.807, 2.05) is 0 Å². The van der Waals surface area contributed by atoms with Gasteiger partial charge in [0.1, 0.15) is 18.1 Å². The average Bonchev–Trinajstić information content (AvgIpc) is 2.63. The molecule has 0 unspecified atom stereocenters. The molecule has 0 aliphatic carbocycles. The summed E-state index contributed by atoms with van der Waals surface area (Å²) in [6.07, 6.45) is 1.36. The molecule has 4 nitrogen and oxygen atoms in total. The SMILES string of the molecule is Cc1cc(COc2cccnc2F)no1. The van der Waals surface area contributed by atoms with Crippen molar-refractivity contribution in [1.29, 1.82) is 0 Å². The first-order valence-corrected chi connectivity index (χ1v) is 4.41. The largest absolute Gasteiger partial charge is 0.482 e. The number of rotatable bonds is 3. The fourth-order valence-corrected chi connectivity index (χ4v) is 1.12. The smallest absolute Gasteiger partial charge is 0.255 e. The maximum Gasteiger partial charge on any atom is 0.255 e. The summed E-state index contributed by atoms with van der Waals surface area (Å²) in [6, 6.07) is 4.84. The second kappa shape index (κ2) is 4.08. The Balaban J connectivity index is 2.02. The highest BCUT2D eigenvalue weighted by atomic mass is 19.1. The lowest BCUT2D eigenvalue weighted by molar-refractivity contribution is 0.271. The standard InChI is InChI=1S/C10H9FN2O2/c1-7-5-8(13-15-7)6-14-9-3-2-4-12-10(9)11/h2-5H,6H2,1H3. The Kier molecular flexibility index (Phi) is 2.62. The third-order valence-corrected chi connectivity index (χ3v) is 1.78. The van der Waals surface area contributed by atoms with Crippen LogP contribution < -0.4 is 4.74 Å². The Bertz CT molecular complexity index is 456. The highest BCUT2D eigenvalue weighted by molar-refractivity contribution is 5.18. The van der Waals surface area contributed by atoms with Crippen LogP contribution in [0.5, 0.6) is 5.75 Å². The number of ether oxygens (including phenoxy) is 1. The molecule has 2 aromatic heterocycles. The van der Waals surface area contributed by atoms with E-state index < -0.39 is 5.95 Å². The highest BCUT2D eigenvalue weighted by Crippen LogP contribution is 2.14. The van der Waals surface area contributed by atoms with Crippen LogP contribution in [0.2, 0.25) is 0 Å². The molecule has 2 aromatic rings. The molecule has 0 atom stereocenters. The second-order valence-corrected chi connectivity index (χ2v) is 3.01. The van der Waals surface area contributed by atoms with Crippen molar-refractivity contribution in [2.75, 3.05) is 0 Å². The van der Waals surface area contributed by atoms with Crippen molar-refractivity contribution in [3.63, 3.8) is 0 Å². The van der Waals surface area contributed by atoms with Gasteiger partial charge in [-0.1, -0.05) is 5.16 Å². The van der Waals surface area contributed by atoms with Crippen LogP contribution in [0.3, 0.4) is 0 Å². The van der Waals surface area contributed by atoms with Crippen LogP contribution in [0.1, 0.15) is 11.5 Å². The van der Waals surface area contributed by atoms with Crippen molar-refractivity contribution < 1.29 is 13.7 Å². The minimum Gasteiger partial charge on any atom is -0.482 e. The van der Waals surface area contributed by atoms with Gasteiger partial charge in [0.15, 0.2) is 5.75 Å². The number of pyridine rings is 1. The Morgan fingerprint density at radius 3 is 3.07 bits per heavy atom. The molecule has 15 heavy (non-hydrogen) atoms. The fraction of sp³-hybridized carbons (Fsp3) is 0.200. The van der Waals surface area contributed by atoms with Gasteiger partial charge in [0.05, 0.1) is 0 Å². The van der Waals surface area contributed by atoms with Gasteiger partial charge >= 0.3 is 0 Å². The molecule has 5 heteroatoms. The van der Waals surface area contributed by atoms with E-state index in [4.69, 9.17) is 9.26 Å². The van der Waals surface area contributed by atoms with Gasteiger partial charge in [-0.3, -0.25) is 0 Å². The van der Waals surface area contributed by atoms with E-state index in [-0.39, 0.29) is 12.4 Å². The predicted octanol–water partition coefficient (Wildman–Crippen LogP) is 2.10. The highest BCUT2D eigenvalue weighted by Gasteiger charge is 2.05. The first-order chi connectivity index (χ1) is 7.25. The zero-order valence-electron chi connectivity index (χ0n) is 8.11. The van der Waals surface area contributed by atoms with Crippen LogP contribution in [0.15, 0.2) is 28.9 Å². The lowest BCUT2D eigenvalue weighted by Gasteiger charge is -2.02. The normalized spacial score (nSPS) is 10.3. The summed E-state index contributed by atoms with van der Waals surface area (Å²) in [7, 11) is 0. The average molecular weight is 208 g/mol. The number of hydrogen-bond donors (Lipinski definition) is 0. The molecule has 0 aromatic carbocycles. The summed E-state index contributed by atoms with van der Waals surface area (Å²) in [5.74, 6) is 0.177. The van der Waals surface area contributed by atoms with Gasteiger partial charge < -0.3 is 9.26 Å².